The SMILES string of the molecule is N[C@@H](Cc1ccccc1)C(=O)N[C@@H](CNC(=O)OCC1c2ccccc2-c2ccccc21)Cc1ccc(F)c(F)c1. The van der Waals surface area contributed by atoms with E-state index < -0.39 is 35.7 Å². The summed E-state index contributed by atoms with van der Waals surface area (Å²) >= 11 is 0. The summed E-state index contributed by atoms with van der Waals surface area (Å²) in [7, 11) is 0. The lowest BCUT2D eigenvalue weighted by atomic mass is 9.98. The minimum absolute atomic E-state index is 0.000529. The summed E-state index contributed by atoms with van der Waals surface area (Å²) in [6.45, 7) is 0.140. The molecule has 0 radical (unpaired) electrons. The van der Waals surface area contributed by atoms with Gasteiger partial charge in [-0.25, -0.2) is 13.6 Å². The minimum Gasteiger partial charge on any atom is -0.449 e. The summed E-state index contributed by atoms with van der Waals surface area (Å²) in [6, 6.07) is 27.5. The Morgan fingerprint density at radius 1 is 0.780 bits per heavy atom. The van der Waals surface area contributed by atoms with Crippen molar-refractivity contribution in [2.45, 2.75) is 30.8 Å². The number of alkyl carbamates (subject to hydrolysis) is 1. The fourth-order valence-electron chi connectivity index (χ4n) is 5.25. The Bertz CT molecular complexity index is 1480. The predicted octanol–water partition coefficient (Wildman–Crippen LogP) is 5.10. The molecule has 5 rings (SSSR count). The van der Waals surface area contributed by atoms with E-state index >= 15 is 0 Å². The lowest BCUT2D eigenvalue weighted by Crippen LogP contribution is -2.51. The van der Waals surface area contributed by atoms with Gasteiger partial charge in [-0.3, -0.25) is 4.79 Å². The van der Waals surface area contributed by atoms with Crippen molar-refractivity contribution in [1.82, 2.24) is 10.6 Å². The zero-order valence-electron chi connectivity index (χ0n) is 22.4. The molecule has 0 saturated heterocycles. The van der Waals surface area contributed by atoms with E-state index in [4.69, 9.17) is 10.5 Å². The van der Waals surface area contributed by atoms with E-state index in [0.29, 0.717) is 12.0 Å². The molecule has 8 heteroatoms. The molecule has 0 aromatic heterocycles. The van der Waals surface area contributed by atoms with Crippen LogP contribution in [0.3, 0.4) is 0 Å². The number of fused-ring (bicyclic) bond motifs is 3. The topological polar surface area (TPSA) is 93.5 Å². The number of hydrogen-bond donors (Lipinski definition) is 3. The van der Waals surface area contributed by atoms with Gasteiger partial charge < -0.3 is 21.1 Å². The van der Waals surface area contributed by atoms with Gasteiger partial charge in [0.15, 0.2) is 11.6 Å². The van der Waals surface area contributed by atoms with Crippen molar-refractivity contribution < 1.29 is 23.1 Å². The first kappa shape index (κ1) is 28.0. The molecule has 4 N–H and O–H groups in total. The van der Waals surface area contributed by atoms with E-state index in [-0.39, 0.29) is 25.5 Å². The number of nitrogens with two attached hydrogens (primary N) is 1. The Labute approximate surface area is 237 Å². The van der Waals surface area contributed by atoms with Crippen molar-refractivity contribution in [3.8, 4) is 11.1 Å². The molecule has 0 heterocycles. The lowest BCUT2D eigenvalue weighted by molar-refractivity contribution is -0.123. The molecule has 210 valence electrons. The number of nitrogens with one attached hydrogen (secondary N) is 2. The highest BCUT2D eigenvalue weighted by molar-refractivity contribution is 5.82. The molecular weight excluding hydrogens is 524 g/mol. The quantitative estimate of drug-likeness (QED) is 0.254. The molecule has 0 aliphatic heterocycles. The fraction of sp³-hybridized carbons (Fsp3) is 0.212. The van der Waals surface area contributed by atoms with Crippen LogP contribution in [-0.2, 0) is 22.4 Å². The average Bonchev–Trinajstić information content (AvgIpc) is 3.30. The van der Waals surface area contributed by atoms with Crippen LogP contribution in [0.25, 0.3) is 11.1 Å². The van der Waals surface area contributed by atoms with Gasteiger partial charge in [-0.15, -0.1) is 0 Å². The van der Waals surface area contributed by atoms with E-state index in [1.165, 1.54) is 6.07 Å². The molecule has 1 aliphatic rings. The van der Waals surface area contributed by atoms with Crippen molar-refractivity contribution in [3.63, 3.8) is 0 Å². The lowest BCUT2D eigenvalue weighted by Gasteiger charge is -2.22. The van der Waals surface area contributed by atoms with Crippen molar-refractivity contribution in [2.75, 3.05) is 13.2 Å². The van der Waals surface area contributed by atoms with E-state index in [0.717, 1.165) is 39.9 Å². The Hall–Kier alpha value is -4.56. The fourth-order valence-corrected chi connectivity index (χ4v) is 5.25. The molecule has 0 fully saturated rings. The third-order valence-electron chi connectivity index (χ3n) is 7.28. The maximum absolute atomic E-state index is 13.9. The molecule has 0 spiro atoms. The first-order chi connectivity index (χ1) is 19.9. The van der Waals surface area contributed by atoms with Crippen molar-refractivity contribution >= 4 is 12.0 Å². The molecule has 0 bridgehead atoms. The van der Waals surface area contributed by atoms with E-state index in [9.17, 15) is 18.4 Å². The molecule has 41 heavy (non-hydrogen) atoms. The number of carbonyl (C=O) groups excluding carboxylic acids is 2. The van der Waals surface area contributed by atoms with Crippen LogP contribution < -0.4 is 16.4 Å². The van der Waals surface area contributed by atoms with Gasteiger partial charge in [-0.1, -0.05) is 84.9 Å². The van der Waals surface area contributed by atoms with E-state index in [2.05, 4.69) is 22.8 Å². The molecular formula is C33H31F2N3O3. The number of halogens is 2. The van der Waals surface area contributed by atoms with Crippen LogP contribution in [0, 0.1) is 11.6 Å². The van der Waals surface area contributed by atoms with Gasteiger partial charge in [0.1, 0.15) is 6.61 Å². The van der Waals surface area contributed by atoms with E-state index in [1.807, 2.05) is 66.7 Å². The van der Waals surface area contributed by atoms with Gasteiger partial charge in [-0.2, -0.15) is 0 Å². The van der Waals surface area contributed by atoms with Gasteiger partial charge in [0.2, 0.25) is 5.91 Å². The highest BCUT2D eigenvalue weighted by Crippen LogP contribution is 2.44. The van der Waals surface area contributed by atoms with Crippen LogP contribution in [0.4, 0.5) is 13.6 Å². The van der Waals surface area contributed by atoms with Crippen LogP contribution >= 0.6 is 0 Å². The standard InChI is InChI=1S/C33H31F2N3O3/c34-29-15-14-22(17-30(29)35)16-23(38-32(39)31(36)18-21-8-2-1-3-9-21)19-37-33(40)41-20-28-26-12-6-4-10-24(26)25-11-5-7-13-27(25)28/h1-15,17,23,28,31H,16,18-20,36H2,(H,37,40)(H,38,39)/t23-,31+/m1/s1. The average molecular weight is 556 g/mol. The normalized spacial score (nSPS) is 13.5. The maximum atomic E-state index is 13.9. The summed E-state index contributed by atoms with van der Waals surface area (Å²) in [6.07, 6.45) is -0.181. The first-order valence-electron chi connectivity index (χ1n) is 13.5. The Kier molecular flexibility index (Phi) is 8.70. The van der Waals surface area contributed by atoms with Crippen LogP contribution in [0.15, 0.2) is 97.1 Å². The summed E-state index contributed by atoms with van der Waals surface area (Å²) < 4.78 is 33.0. The molecule has 4 aromatic carbocycles. The number of ether oxygens (including phenoxy) is 1. The molecule has 0 unspecified atom stereocenters. The molecule has 0 saturated carbocycles. The Morgan fingerprint density at radius 2 is 1.41 bits per heavy atom. The van der Waals surface area contributed by atoms with E-state index in [1.54, 1.807) is 0 Å². The molecule has 1 aliphatic carbocycles. The smallest absolute Gasteiger partial charge is 0.407 e. The van der Waals surface area contributed by atoms with Crippen molar-refractivity contribution in [1.29, 1.82) is 0 Å². The Morgan fingerprint density at radius 3 is 2.07 bits per heavy atom. The van der Waals surface area contributed by atoms with Gasteiger partial charge in [0.25, 0.3) is 0 Å². The highest BCUT2D eigenvalue weighted by atomic mass is 19.2. The largest absolute Gasteiger partial charge is 0.449 e. The van der Waals surface area contributed by atoms with Gasteiger partial charge >= 0.3 is 6.09 Å². The van der Waals surface area contributed by atoms with Gasteiger partial charge in [-0.05, 0) is 58.4 Å². The second-order valence-electron chi connectivity index (χ2n) is 10.2. The predicted molar refractivity (Wildman–Crippen MR) is 153 cm³/mol. The third kappa shape index (κ3) is 6.78. The maximum Gasteiger partial charge on any atom is 0.407 e. The number of benzene rings is 4. The van der Waals surface area contributed by atoms with Crippen LogP contribution in [0.1, 0.15) is 28.2 Å². The first-order valence-corrected chi connectivity index (χ1v) is 13.5. The van der Waals surface area contributed by atoms with Crippen LogP contribution in [0.2, 0.25) is 0 Å². The van der Waals surface area contributed by atoms with Crippen molar-refractivity contribution in [2.24, 2.45) is 5.73 Å². The molecule has 2 atom stereocenters. The number of amides is 2. The van der Waals surface area contributed by atoms with Gasteiger partial charge in [0, 0.05) is 12.5 Å². The number of carbonyl (C=O) groups is 2. The summed E-state index contributed by atoms with van der Waals surface area (Å²) in [4.78, 5) is 25.7. The minimum atomic E-state index is -0.988. The second-order valence-corrected chi connectivity index (χ2v) is 10.2. The van der Waals surface area contributed by atoms with Crippen molar-refractivity contribution in [3.05, 3.63) is 131 Å². The molecule has 4 aromatic rings. The van der Waals surface area contributed by atoms with Crippen LogP contribution in [-0.4, -0.2) is 37.2 Å². The number of rotatable bonds is 10. The number of hydrogen-bond acceptors (Lipinski definition) is 4. The third-order valence-corrected chi connectivity index (χ3v) is 7.28. The molecule has 2 amide bonds. The summed E-state index contributed by atoms with van der Waals surface area (Å²) in [5, 5.41) is 5.56. The monoisotopic (exact) mass is 555 g/mol. The molecule has 6 nitrogen and oxygen atoms in total. The highest BCUT2D eigenvalue weighted by Gasteiger charge is 2.29. The zero-order valence-corrected chi connectivity index (χ0v) is 22.4. The Balaban J connectivity index is 1.22. The van der Waals surface area contributed by atoms with Crippen LogP contribution in [0.5, 0.6) is 0 Å². The zero-order chi connectivity index (χ0) is 28.8. The van der Waals surface area contributed by atoms with Gasteiger partial charge in [0.05, 0.1) is 12.1 Å². The summed E-state index contributed by atoms with van der Waals surface area (Å²) in [5.41, 5.74) is 12.0. The second kappa shape index (κ2) is 12.7. The summed E-state index contributed by atoms with van der Waals surface area (Å²) in [5.74, 6) is -2.47.